The van der Waals surface area contributed by atoms with E-state index in [1.165, 1.54) is 22.3 Å². The molecule has 1 unspecified atom stereocenters. The first-order valence-corrected chi connectivity index (χ1v) is 14.7. The van der Waals surface area contributed by atoms with Crippen molar-refractivity contribution >= 4 is 0 Å². The van der Waals surface area contributed by atoms with Crippen LogP contribution in [0.4, 0.5) is 0 Å². The molecular weight excluding hydrogens is 516 g/mol. The Morgan fingerprint density at radius 2 is 1.36 bits per heavy atom. The molecule has 0 aliphatic heterocycles. The number of rotatable bonds is 11. The molecule has 42 heavy (non-hydrogen) atoms. The molecule has 1 N–H and O–H groups in total. The van der Waals surface area contributed by atoms with E-state index < -0.39 is 6.10 Å². The Morgan fingerprint density at radius 3 is 1.93 bits per heavy atom. The van der Waals surface area contributed by atoms with Gasteiger partial charge in [-0.2, -0.15) is 0 Å². The fourth-order valence-electron chi connectivity index (χ4n) is 5.07. The van der Waals surface area contributed by atoms with Crippen LogP contribution >= 0.6 is 0 Å². The SMILES string of the molecule is COc1ccc(C(C)(C)c2ccc(Oc3ccc(-c4ccc(C)cc4)cc3C(O)/C=C(\C)CCC=C(C)C)cc2)cc1. The summed E-state index contributed by atoms with van der Waals surface area (Å²) in [7, 11) is 1.68. The van der Waals surface area contributed by atoms with Gasteiger partial charge >= 0.3 is 0 Å². The van der Waals surface area contributed by atoms with Crippen LogP contribution in [0.3, 0.4) is 0 Å². The minimum Gasteiger partial charge on any atom is -0.497 e. The number of ether oxygens (including phenoxy) is 2. The van der Waals surface area contributed by atoms with E-state index in [0.29, 0.717) is 5.75 Å². The second-order valence-electron chi connectivity index (χ2n) is 11.9. The summed E-state index contributed by atoms with van der Waals surface area (Å²) in [4.78, 5) is 0. The zero-order valence-corrected chi connectivity index (χ0v) is 26.1. The summed E-state index contributed by atoms with van der Waals surface area (Å²) in [6, 6.07) is 31.0. The lowest BCUT2D eigenvalue weighted by Gasteiger charge is -2.26. The topological polar surface area (TPSA) is 38.7 Å². The molecule has 0 bridgehead atoms. The summed E-state index contributed by atoms with van der Waals surface area (Å²) in [6.07, 6.45) is 5.26. The number of benzene rings is 4. The standard InChI is InChI=1S/C39H44O3/c1-27(2)9-8-10-29(4)25-37(40)36-26-31(30-13-11-28(3)12-14-30)15-24-38(36)42-35-22-18-33(19-23-35)39(5,6)32-16-20-34(41-7)21-17-32/h9,11-26,37,40H,8,10H2,1-7H3/b29-25+. The number of aliphatic hydroxyl groups excluding tert-OH is 1. The minimum atomic E-state index is -0.787. The van der Waals surface area contributed by atoms with E-state index >= 15 is 0 Å². The molecule has 0 aliphatic carbocycles. The fourth-order valence-corrected chi connectivity index (χ4v) is 5.07. The molecule has 1 atom stereocenters. The molecule has 0 amide bonds. The minimum absolute atomic E-state index is 0.185. The van der Waals surface area contributed by atoms with Gasteiger partial charge in [0, 0.05) is 11.0 Å². The molecule has 0 aliphatic rings. The van der Waals surface area contributed by atoms with Gasteiger partial charge in [-0.05, 0) is 99.2 Å². The molecule has 0 spiro atoms. The Hall–Kier alpha value is -4.08. The van der Waals surface area contributed by atoms with E-state index in [1.807, 2.05) is 42.5 Å². The third-order valence-electron chi connectivity index (χ3n) is 7.86. The monoisotopic (exact) mass is 560 g/mol. The first kappa shape index (κ1) is 30.9. The van der Waals surface area contributed by atoms with Crippen LogP contribution in [0.5, 0.6) is 17.2 Å². The fraction of sp³-hybridized carbons (Fsp3) is 0.282. The molecular formula is C39H44O3. The lowest BCUT2D eigenvalue weighted by molar-refractivity contribution is 0.223. The number of hydrogen-bond acceptors (Lipinski definition) is 3. The zero-order valence-electron chi connectivity index (χ0n) is 26.1. The molecule has 4 rings (SSSR count). The molecule has 4 aromatic carbocycles. The summed E-state index contributed by atoms with van der Waals surface area (Å²) in [5.41, 5.74) is 8.78. The van der Waals surface area contributed by atoms with Crippen molar-refractivity contribution in [2.45, 2.75) is 65.9 Å². The molecule has 0 radical (unpaired) electrons. The van der Waals surface area contributed by atoms with Crippen LogP contribution in [0.2, 0.25) is 0 Å². The van der Waals surface area contributed by atoms with Crippen molar-refractivity contribution in [1.29, 1.82) is 0 Å². The molecule has 0 saturated carbocycles. The van der Waals surface area contributed by atoms with Gasteiger partial charge in [0.25, 0.3) is 0 Å². The molecule has 0 saturated heterocycles. The quantitative estimate of drug-likeness (QED) is 0.185. The summed E-state index contributed by atoms with van der Waals surface area (Å²) in [5, 5.41) is 11.4. The van der Waals surface area contributed by atoms with Gasteiger partial charge in [-0.15, -0.1) is 0 Å². The maximum absolute atomic E-state index is 11.4. The third-order valence-corrected chi connectivity index (χ3v) is 7.86. The second-order valence-corrected chi connectivity index (χ2v) is 11.9. The van der Waals surface area contributed by atoms with Crippen LogP contribution in [-0.4, -0.2) is 12.2 Å². The smallest absolute Gasteiger partial charge is 0.133 e. The van der Waals surface area contributed by atoms with Gasteiger partial charge in [0.15, 0.2) is 0 Å². The van der Waals surface area contributed by atoms with Crippen molar-refractivity contribution in [3.63, 3.8) is 0 Å². The Morgan fingerprint density at radius 1 is 0.786 bits per heavy atom. The highest BCUT2D eigenvalue weighted by Crippen LogP contribution is 2.37. The Bertz CT molecular complexity index is 1520. The number of aliphatic hydroxyl groups is 1. The van der Waals surface area contributed by atoms with E-state index in [1.54, 1.807) is 7.11 Å². The lowest BCUT2D eigenvalue weighted by atomic mass is 9.78. The van der Waals surface area contributed by atoms with Crippen molar-refractivity contribution in [3.05, 3.63) is 137 Å². The van der Waals surface area contributed by atoms with Crippen LogP contribution in [0.25, 0.3) is 11.1 Å². The lowest BCUT2D eigenvalue weighted by Crippen LogP contribution is -2.18. The molecule has 4 aromatic rings. The molecule has 0 heterocycles. The van der Waals surface area contributed by atoms with Crippen LogP contribution in [-0.2, 0) is 5.41 Å². The number of hydrogen-bond donors (Lipinski definition) is 1. The van der Waals surface area contributed by atoms with Crippen LogP contribution in [0.1, 0.15) is 75.8 Å². The average Bonchev–Trinajstić information content (AvgIpc) is 2.98. The van der Waals surface area contributed by atoms with Gasteiger partial charge in [0.1, 0.15) is 23.4 Å². The first-order valence-electron chi connectivity index (χ1n) is 14.7. The largest absolute Gasteiger partial charge is 0.497 e. The van der Waals surface area contributed by atoms with Gasteiger partial charge in [0.05, 0.1) is 7.11 Å². The molecule has 3 nitrogen and oxygen atoms in total. The van der Waals surface area contributed by atoms with Gasteiger partial charge in [-0.3, -0.25) is 0 Å². The van der Waals surface area contributed by atoms with Gasteiger partial charge in [0.2, 0.25) is 0 Å². The Kier molecular flexibility index (Phi) is 10.1. The summed E-state index contributed by atoms with van der Waals surface area (Å²) >= 11 is 0. The summed E-state index contributed by atoms with van der Waals surface area (Å²) in [5.74, 6) is 2.22. The molecule has 0 aromatic heterocycles. The highest BCUT2D eigenvalue weighted by Gasteiger charge is 2.23. The predicted molar refractivity (Wildman–Crippen MR) is 176 cm³/mol. The highest BCUT2D eigenvalue weighted by molar-refractivity contribution is 5.66. The molecule has 218 valence electrons. The molecule has 0 fully saturated rings. The first-order chi connectivity index (χ1) is 20.1. The highest BCUT2D eigenvalue weighted by atomic mass is 16.5. The predicted octanol–water partition coefficient (Wildman–Crippen LogP) is 10.5. The van der Waals surface area contributed by atoms with Gasteiger partial charge < -0.3 is 14.6 Å². The second kappa shape index (κ2) is 13.7. The summed E-state index contributed by atoms with van der Waals surface area (Å²) in [6.45, 7) is 12.8. The third kappa shape index (κ3) is 7.80. The number of aryl methyl sites for hydroxylation is 1. The zero-order chi connectivity index (χ0) is 30.3. The van der Waals surface area contributed by atoms with E-state index in [9.17, 15) is 5.11 Å². The van der Waals surface area contributed by atoms with Crippen LogP contribution in [0.15, 0.2) is 114 Å². The van der Waals surface area contributed by atoms with Gasteiger partial charge in [-0.1, -0.05) is 97.3 Å². The maximum atomic E-state index is 11.4. The Balaban J connectivity index is 1.62. The van der Waals surface area contributed by atoms with E-state index in [4.69, 9.17) is 9.47 Å². The van der Waals surface area contributed by atoms with E-state index in [0.717, 1.165) is 46.6 Å². The molecule has 3 heteroatoms. The van der Waals surface area contributed by atoms with Crippen molar-refractivity contribution in [2.75, 3.05) is 7.11 Å². The van der Waals surface area contributed by atoms with Crippen molar-refractivity contribution < 1.29 is 14.6 Å². The Labute approximate surface area is 252 Å². The van der Waals surface area contributed by atoms with Crippen molar-refractivity contribution in [1.82, 2.24) is 0 Å². The van der Waals surface area contributed by atoms with Gasteiger partial charge in [-0.25, -0.2) is 0 Å². The van der Waals surface area contributed by atoms with Crippen LogP contribution < -0.4 is 9.47 Å². The normalized spacial score (nSPS) is 12.5. The van der Waals surface area contributed by atoms with Crippen LogP contribution in [0, 0.1) is 6.92 Å². The number of allylic oxidation sites excluding steroid dienone is 3. The maximum Gasteiger partial charge on any atom is 0.133 e. The number of methoxy groups -OCH3 is 1. The van der Waals surface area contributed by atoms with E-state index in [-0.39, 0.29) is 5.41 Å². The van der Waals surface area contributed by atoms with E-state index in [2.05, 4.69) is 102 Å². The summed E-state index contributed by atoms with van der Waals surface area (Å²) < 4.78 is 11.8. The van der Waals surface area contributed by atoms with Crippen molar-refractivity contribution in [2.24, 2.45) is 0 Å². The average molecular weight is 561 g/mol. The van der Waals surface area contributed by atoms with Crippen molar-refractivity contribution in [3.8, 4) is 28.4 Å².